The summed E-state index contributed by atoms with van der Waals surface area (Å²) in [5.74, 6) is 0. The van der Waals surface area contributed by atoms with Crippen LogP contribution in [-0.2, 0) is 12.6 Å². The van der Waals surface area contributed by atoms with Gasteiger partial charge in [-0.3, -0.25) is 10.1 Å². The van der Waals surface area contributed by atoms with Crippen LogP contribution >= 0.6 is 11.8 Å². The first-order valence-corrected chi connectivity index (χ1v) is 9.09. The SMILES string of the molecule is CN(C)CCCc1c(C(F)(F)F)ccc2c1Nc1ccc([N+](=O)[O-])cc1S2. The first-order valence-electron chi connectivity index (χ1n) is 8.28. The van der Waals surface area contributed by atoms with Gasteiger partial charge in [-0.2, -0.15) is 13.2 Å². The summed E-state index contributed by atoms with van der Waals surface area (Å²) in [6, 6.07) is 6.83. The minimum Gasteiger partial charge on any atom is -0.353 e. The van der Waals surface area contributed by atoms with Gasteiger partial charge >= 0.3 is 6.18 Å². The quantitative estimate of drug-likeness (QED) is 0.467. The van der Waals surface area contributed by atoms with Crippen molar-refractivity contribution in [2.75, 3.05) is 26.0 Å². The summed E-state index contributed by atoms with van der Waals surface area (Å²) < 4.78 is 40.6. The van der Waals surface area contributed by atoms with Crippen molar-refractivity contribution in [3.8, 4) is 0 Å². The van der Waals surface area contributed by atoms with Gasteiger partial charge in [-0.25, -0.2) is 0 Å². The van der Waals surface area contributed by atoms with Crippen LogP contribution < -0.4 is 5.32 Å². The van der Waals surface area contributed by atoms with E-state index in [4.69, 9.17) is 0 Å². The van der Waals surface area contributed by atoms with Crippen molar-refractivity contribution >= 4 is 28.8 Å². The van der Waals surface area contributed by atoms with Gasteiger partial charge in [0, 0.05) is 21.9 Å². The second kappa shape index (κ2) is 7.40. The monoisotopic (exact) mass is 397 g/mol. The second-order valence-corrected chi connectivity index (χ2v) is 7.62. The van der Waals surface area contributed by atoms with Crippen molar-refractivity contribution in [1.82, 2.24) is 4.90 Å². The van der Waals surface area contributed by atoms with E-state index in [-0.39, 0.29) is 17.7 Å². The molecular weight excluding hydrogens is 379 g/mol. The number of nitrogens with one attached hydrogen (secondary N) is 1. The molecule has 144 valence electrons. The number of nitro groups is 1. The van der Waals surface area contributed by atoms with Crippen molar-refractivity contribution in [3.05, 3.63) is 51.6 Å². The molecule has 1 aliphatic heterocycles. The van der Waals surface area contributed by atoms with Crippen molar-refractivity contribution in [1.29, 1.82) is 0 Å². The van der Waals surface area contributed by atoms with Gasteiger partial charge in [-0.05, 0) is 57.2 Å². The first-order chi connectivity index (χ1) is 12.7. The molecule has 27 heavy (non-hydrogen) atoms. The number of halogens is 3. The third-order valence-electron chi connectivity index (χ3n) is 4.27. The zero-order valence-electron chi connectivity index (χ0n) is 14.8. The number of fused-ring (bicyclic) bond motifs is 2. The van der Waals surface area contributed by atoms with E-state index >= 15 is 0 Å². The van der Waals surface area contributed by atoms with E-state index in [1.54, 1.807) is 0 Å². The molecule has 0 amide bonds. The van der Waals surface area contributed by atoms with Gasteiger partial charge in [0.15, 0.2) is 0 Å². The molecule has 2 aromatic carbocycles. The fraction of sp³-hybridized carbons (Fsp3) is 0.333. The molecule has 9 heteroatoms. The van der Waals surface area contributed by atoms with Gasteiger partial charge in [-0.1, -0.05) is 11.8 Å². The van der Waals surface area contributed by atoms with Gasteiger partial charge in [0.1, 0.15) is 0 Å². The highest BCUT2D eigenvalue weighted by atomic mass is 32.2. The number of hydrogen-bond donors (Lipinski definition) is 1. The molecule has 1 heterocycles. The van der Waals surface area contributed by atoms with E-state index in [2.05, 4.69) is 5.32 Å². The molecule has 2 aromatic rings. The highest BCUT2D eigenvalue weighted by molar-refractivity contribution is 7.99. The fourth-order valence-corrected chi connectivity index (χ4v) is 4.07. The van der Waals surface area contributed by atoms with E-state index in [1.807, 2.05) is 19.0 Å². The van der Waals surface area contributed by atoms with Crippen molar-refractivity contribution < 1.29 is 18.1 Å². The summed E-state index contributed by atoms with van der Waals surface area (Å²) in [5.41, 5.74) is 0.558. The topological polar surface area (TPSA) is 58.4 Å². The van der Waals surface area contributed by atoms with E-state index in [1.165, 1.54) is 36.0 Å². The third kappa shape index (κ3) is 4.19. The lowest BCUT2D eigenvalue weighted by Crippen LogP contribution is -2.17. The summed E-state index contributed by atoms with van der Waals surface area (Å²) >= 11 is 1.24. The number of hydrogen-bond acceptors (Lipinski definition) is 5. The number of benzene rings is 2. The highest BCUT2D eigenvalue weighted by Crippen LogP contribution is 2.49. The van der Waals surface area contributed by atoms with Crippen LogP contribution in [0.5, 0.6) is 0 Å². The Hall–Kier alpha value is -2.26. The lowest BCUT2D eigenvalue weighted by molar-refractivity contribution is -0.385. The van der Waals surface area contributed by atoms with Crippen molar-refractivity contribution in [2.24, 2.45) is 0 Å². The number of rotatable bonds is 5. The van der Waals surface area contributed by atoms with Crippen LogP contribution in [0.25, 0.3) is 0 Å². The summed E-state index contributed by atoms with van der Waals surface area (Å²) in [4.78, 5) is 13.7. The van der Waals surface area contributed by atoms with Crippen LogP contribution in [0.4, 0.5) is 30.2 Å². The van der Waals surface area contributed by atoms with Crippen LogP contribution in [0.3, 0.4) is 0 Å². The van der Waals surface area contributed by atoms with Crippen LogP contribution in [0.2, 0.25) is 0 Å². The van der Waals surface area contributed by atoms with Gasteiger partial charge in [0.25, 0.3) is 5.69 Å². The molecule has 0 bridgehead atoms. The number of alkyl halides is 3. The Morgan fingerprint density at radius 1 is 1.19 bits per heavy atom. The maximum absolute atomic E-state index is 13.5. The molecule has 3 rings (SSSR count). The molecule has 0 saturated heterocycles. The Morgan fingerprint density at radius 3 is 2.56 bits per heavy atom. The Morgan fingerprint density at radius 2 is 1.93 bits per heavy atom. The summed E-state index contributed by atoms with van der Waals surface area (Å²) in [7, 11) is 3.75. The Balaban J connectivity index is 2.01. The second-order valence-electron chi connectivity index (χ2n) is 6.53. The lowest BCUT2D eigenvalue weighted by Gasteiger charge is -2.26. The number of non-ortho nitro benzene ring substituents is 1. The Kier molecular flexibility index (Phi) is 5.34. The average molecular weight is 397 g/mol. The molecule has 0 unspecified atom stereocenters. The zero-order valence-corrected chi connectivity index (χ0v) is 15.6. The van der Waals surface area contributed by atoms with Crippen molar-refractivity contribution in [3.63, 3.8) is 0 Å². The largest absolute Gasteiger partial charge is 0.416 e. The molecule has 5 nitrogen and oxygen atoms in total. The molecule has 1 aliphatic rings. The number of nitrogens with zero attached hydrogens (tertiary/aromatic N) is 2. The normalized spacial score (nSPS) is 13.1. The average Bonchev–Trinajstić information content (AvgIpc) is 2.58. The summed E-state index contributed by atoms with van der Waals surface area (Å²) in [6.45, 7) is 0.677. The smallest absolute Gasteiger partial charge is 0.353 e. The Labute approximate surface area is 158 Å². The van der Waals surface area contributed by atoms with Crippen LogP contribution in [0.15, 0.2) is 40.1 Å². The lowest BCUT2D eigenvalue weighted by atomic mass is 9.99. The summed E-state index contributed by atoms with van der Waals surface area (Å²) in [5, 5.41) is 14.0. The van der Waals surface area contributed by atoms with Gasteiger partial charge < -0.3 is 10.2 Å². The highest BCUT2D eigenvalue weighted by Gasteiger charge is 2.35. The maximum atomic E-state index is 13.5. The molecule has 1 N–H and O–H groups in total. The van der Waals surface area contributed by atoms with Crippen LogP contribution in [-0.4, -0.2) is 30.5 Å². The van der Waals surface area contributed by atoms with E-state index in [9.17, 15) is 23.3 Å². The third-order valence-corrected chi connectivity index (χ3v) is 5.39. The molecule has 0 aromatic heterocycles. The first kappa shape index (κ1) is 19.5. The molecular formula is C18H18F3N3O2S. The van der Waals surface area contributed by atoms with Crippen molar-refractivity contribution in [2.45, 2.75) is 28.8 Å². The van der Waals surface area contributed by atoms with Gasteiger partial charge in [0.05, 0.1) is 21.9 Å². The van der Waals surface area contributed by atoms with E-state index < -0.39 is 16.7 Å². The number of anilines is 2. The Bertz CT molecular complexity index is 885. The predicted octanol–water partition coefficient (Wildman–Crippen LogP) is 5.32. The van der Waals surface area contributed by atoms with Crippen LogP contribution in [0.1, 0.15) is 17.5 Å². The fourth-order valence-electron chi connectivity index (χ4n) is 3.01. The molecule has 0 aliphatic carbocycles. The minimum absolute atomic E-state index is 0.0513. The molecule has 0 fully saturated rings. The van der Waals surface area contributed by atoms with E-state index in [0.29, 0.717) is 34.1 Å². The zero-order chi connectivity index (χ0) is 19.8. The maximum Gasteiger partial charge on any atom is 0.416 e. The van der Waals surface area contributed by atoms with Crippen LogP contribution in [0, 0.1) is 10.1 Å². The summed E-state index contributed by atoms with van der Waals surface area (Å²) in [6.07, 6.45) is -3.57. The molecule has 0 spiro atoms. The minimum atomic E-state index is -4.44. The number of nitro benzene ring substituents is 1. The van der Waals surface area contributed by atoms with E-state index in [0.717, 1.165) is 6.07 Å². The van der Waals surface area contributed by atoms with Gasteiger partial charge in [-0.15, -0.1) is 0 Å². The standard InChI is InChI=1S/C18H18F3N3O2S/c1-23(2)9-3-4-12-13(18(19,20)21)6-8-15-17(12)22-14-7-5-11(24(25)26)10-16(14)27-15/h5-8,10,22H,3-4,9H2,1-2H3. The van der Waals surface area contributed by atoms with Gasteiger partial charge in [0.2, 0.25) is 0 Å². The molecule has 0 saturated carbocycles. The molecule has 0 atom stereocenters. The molecule has 0 radical (unpaired) electrons. The predicted molar refractivity (Wildman–Crippen MR) is 98.8 cm³/mol.